The molecule has 1 aliphatic carbocycles. The van der Waals surface area contributed by atoms with Crippen molar-refractivity contribution >= 4 is 0 Å². The van der Waals surface area contributed by atoms with Crippen LogP contribution in [0.25, 0.3) is 11.1 Å². The topological polar surface area (TPSA) is 9.23 Å². The average molecular weight is 290 g/mol. The van der Waals surface area contributed by atoms with Crippen molar-refractivity contribution in [2.24, 2.45) is 5.41 Å². The summed E-state index contributed by atoms with van der Waals surface area (Å²) in [5.41, 5.74) is 4.41. The molecule has 1 heteroatoms. The minimum absolute atomic E-state index is 0.00469. The summed E-state index contributed by atoms with van der Waals surface area (Å²) in [7, 11) is 0. The first-order valence-corrected chi connectivity index (χ1v) is 7.97. The molecule has 2 aliphatic rings. The zero-order chi connectivity index (χ0) is 15.6. The molecule has 2 aromatic rings. The Balaban J connectivity index is 2.04. The van der Waals surface area contributed by atoms with Crippen molar-refractivity contribution in [2.45, 2.75) is 38.9 Å². The molecule has 0 aromatic heterocycles. The van der Waals surface area contributed by atoms with Gasteiger partial charge in [-0.25, -0.2) is 0 Å². The number of hydrogen-bond donors (Lipinski definition) is 0. The molecule has 1 aliphatic heterocycles. The molecular formula is C21H22O. The Morgan fingerprint density at radius 2 is 1.18 bits per heavy atom. The van der Waals surface area contributed by atoms with E-state index < -0.39 is 5.60 Å². The highest BCUT2D eigenvalue weighted by Crippen LogP contribution is 2.56. The molecule has 1 heterocycles. The van der Waals surface area contributed by atoms with E-state index in [2.05, 4.69) is 88.4 Å². The Kier molecular flexibility index (Phi) is 2.57. The number of rotatable bonds is 0. The summed E-state index contributed by atoms with van der Waals surface area (Å²) in [5.74, 6) is 0. The first-order valence-electron chi connectivity index (χ1n) is 7.97. The number of ether oxygens (including phenoxy) is 1. The molecule has 0 amide bonds. The van der Waals surface area contributed by atoms with Gasteiger partial charge in [-0.2, -0.15) is 0 Å². The number of fused-ring (bicyclic) bond motifs is 5. The summed E-state index contributed by atoms with van der Waals surface area (Å²) in [6, 6.07) is 17.2. The van der Waals surface area contributed by atoms with Gasteiger partial charge in [0.1, 0.15) is 5.60 Å². The smallest absolute Gasteiger partial charge is 0.138 e. The number of hydrogen-bond acceptors (Lipinski definition) is 1. The van der Waals surface area contributed by atoms with Crippen LogP contribution in [-0.4, -0.2) is 5.60 Å². The average Bonchev–Trinajstić information content (AvgIpc) is 2.76. The third-order valence-electron chi connectivity index (χ3n) is 5.65. The molecule has 0 fully saturated rings. The van der Waals surface area contributed by atoms with E-state index in [4.69, 9.17) is 4.74 Å². The maximum atomic E-state index is 6.80. The van der Waals surface area contributed by atoms with Gasteiger partial charge >= 0.3 is 0 Å². The van der Waals surface area contributed by atoms with E-state index >= 15 is 0 Å². The van der Waals surface area contributed by atoms with Gasteiger partial charge in [-0.3, -0.25) is 0 Å². The van der Waals surface area contributed by atoms with E-state index in [0.29, 0.717) is 0 Å². The van der Waals surface area contributed by atoms with Crippen molar-refractivity contribution in [1.82, 2.24) is 0 Å². The zero-order valence-corrected chi connectivity index (χ0v) is 13.7. The van der Waals surface area contributed by atoms with Gasteiger partial charge in [-0.1, -0.05) is 68.5 Å². The number of benzene rings is 2. The van der Waals surface area contributed by atoms with Crippen molar-refractivity contribution in [3.63, 3.8) is 0 Å². The standard InChI is InChI=1S/C21H22O/c1-19(2)13-14-21(22-20(19,3)4)17-11-7-5-9-15(17)16-10-6-8-12-18(16)21/h5-14H,1-4H3. The van der Waals surface area contributed by atoms with Gasteiger partial charge in [-0.05, 0) is 31.1 Å². The second-order valence-corrected chi connectivity index (χ2v) is 7.49. The second kappa shape index (κ2) is 4.11. The first kappa shape index (κ1) is 13.8. The maximum Gasteiger partial charge on any atom is 0.138 e. The van der Waals surface area contributed by atoms with Crippen molar-refractivity contribution in [1.29, 1.82) is 0 Å². The normalized spacial score (nSPS) is 22.4. The van der Waals surface area contributed by atoms with Crippen LogP contribution in [0.5, 0.6) is 0 Å². The van der Waals surface area contributed by atoms with Crippen LogP contribution in [0.15, 0.2) is 60.7 Å². The van der Waals surface area contributed by atoms with Crippen LogP contribution in [0.3, 0.4) is 0 Å². The van der Waals surface area contributed by atoms with Crippen LogP contribution in [0.4, 0.5) is 0 Å². The molecule has 2 aromatic carbocycles. The summed E-state index contributed by atoms with van der Waals surface area (Å²) >= 11 is 0. The van der Waals surface area contributed by atoms with E-state index in [9.17, 15) is 0 Å². The molecular weight excluding hydrogens is 268 g/mol. The minimum Gasteiger partial charge on any atom is -0.355 e. The summed E-state index contributed by atoms with van der Waals surface area (Å²) in [5, 5.41) is 0. The van der Waals surface area contributed by atoms with E-state index in [1.807, 2.05) is 0 Å². The van der Waals surface area contributed by atoms with E-state index in [1.54, 1.807) is 0 Å². The molecule has 4 rings (SSSR count). The van der Waals surface area contributed by atoms with Gasteiger partial charge in [0.25, 0.3) is 0 Å². The van der Waals surface area contributed by atoms with Crippen molar-refractivity contribution in [2.75, 3.05) is 0 Å². The summed E-state index contributed by atoms with van der Waals surface area (Å²) < 4.78 is 6.80. The van der Waals surface area contributed by atoms with Crippen molar-refractivity contribution < 1.29 is 4.74 Å². The molecule has 22 heavy (non-hydrogen) atoms. The van der Waals surface area contributed by atoms with Gasteiger partial charge in [0, 0.05) is 16.5 Å². The predicted octanol–water partition coefficient (Wildman–Crippen LogP) is 5.30. The molecule has 0 bridgehead atoms. The van der Waals surface area contributed by atoms with E-state index in [1.165, 1.54) is 22.3 Å². The third kappa shape index (κ3) is 1.58. The van der Waals surface area contributed by atoms with Crippen molar-refractivity contribution in [3.8, 4) is 11.1 Å². The Morgan fingerprint density at radius 1 is 0.682 bits per heavy atom. The lowest BCUT2D eigenvalue weighted by Crippen LogP contribution is -2.50. The molecule has 0 unspecified atom stereocenters. The highest BCUT2D eigenvalue weighted by molar-refractivity contribution is 5.81. The molecule has 0 atom stereocenters. The lowest BCUT2D eigenvalue weighted by Gasteiger charge is -2.49. The predicted molar refractivity (Wildman–Crippen MR) is 90.7 cm³/mol. The summed E-state index contributed by atoms with van der Waals surface area (Å²) in [6.45, 7) is 8.87. The van der Waals surface area contributed by atoms with Gasteiger partial charge in [0.05, 0.1) is 5.60 Å². The maximum absolute atomic E-state index is 6.80. The van der Waals surface area contributed by atoms with Crippen LogP contribution in [0.1, 0.15) is 38.8 Å². The SMILES string of the molecule is CC1(C)C=CC2(OC1(C)C)c1ccccc1-c1ccccc12. The van der Waals surface area contributed by atoms with Crippen LogP contribution < -0.4 is 0 Å². The molecule has 0 N–H and O–H groups in total. The lowest BCUT2D eigenvalue weighted by molar-refractivity contribution is -0.154. The summed E-state index contributed by atoms with van der Waals surface area (Å²) in [4.78, 5) is 0. The van der Waals surface area contributed by atoms with Gasteiger partial charge in [0.15, 0.2) is 0 Å². The fourth-order valence-corrected chi connectivity index (χ4v) is 3.61. The largest absolute Gasteiger partial charge is 0.355 e. The molecule has 1 nitrogen and oxygen atoms in total. The van der Waals surface area contributed by atoms with Gasteiger partial charge in [-0.15, -0.1) is 0 Å². The third-order valence-corrected chi connectivity index (χ3v) is 5.65. The first-order chi connectivity index (χ1) is 10.4. The van der Waals surface area contributed by atoms with Gasteiger partial charge < -0.3 is 4.74 Å². The minimum atomic E-state index is -0.452. The Morgan fingerprint density at radius 3 is 1.68 bits per heavy atom. The monoisotopic (exact) mass is 290 g/mol. The quantitative estimate of drug-likeness (QED) is 0.598. The fourth-order valence-electron chi connectivity index (χ4n) is 3.61. The van der Waals surface area contributed by atoms with E-state index in [-0.39, 0.29) is 11.0 Å². The van der Waals surface area contributed by atoms with Gasteiger partial charge in [0.2, 0.25) is 0 Å². The fraction of sp³-hybridized carbons (Fsp3) is 0.333. The highest BCUT2D eigenvalue weighted by atomic mass is 16.5. The van der Waals surface area contributed by atoms with E-state index in [0.717, 1.165) is 0 Å². The van der Waals surface area contributed by atoms with Crippen LogP contribution >= 0.6 is 0 Å². The van der Waals surface area contributed by atoms with Crippen LogP contribution in [0.2, 0.25) is 0 Å². The molecule has 1 spiro atoms. The van der Waals surface area contributed by atoms with Crippen LogP contribution in [-0.2, 0) is 10.3 Å². The Hall–Kier alpha value is -1.86. The van der Waals surface area contributed by atoms with Crippen LogP contribution in [0, 0.1) is 5.41 Å². The molecule has 0 saturated carbocycles. The lowest BCUT2D eigenvalue weighted by atomic mass is 9.71. The zero-order valence-electron chi connectivity index (χ0n) is 13.7. The molecule has 0 radical (unpaired) electrons. The second-order valence-electron chi connectivity index (χ2n) is 7.49. The summed E-state index contributed by atoms with van der Waals surface area (Å²) in [6.07, 6.45) is 4.60. The molecule has 112 valence electrons. The van der Waals surface area contributed by atoms with Crippen molar-refractivity contribution in [3.05, 3.63) is 71.8 Å². The Labute approximate surface area is 132 Å². The molecule has 0 saturated heterocycles. The Bertz CT molecular complexity index is 734. The highest BCUT2D eigenvalue weighted by Gasteiger charge is 2.52.